The molecule has 1 unspecified atom stereocenters. The number of aryl methyl sites for hydroxylation is 1. The van der Waals surface area contributed by atoms with Crippen molar-refractivity contribution in [2.24, 2.45) is 5.92 Å². The van der Waals surface area contributed by atoms with Crippen LogP contribution in [0.5, 0.6) is 5.75 Å². The van der Waals surface area contributed by atoms with Crippen molar-refractivity contribution in [1.29, 1.82) is 0 Å². The van der Waals surface area contributed by atoms with E-state index in [0.717, 1.165) is 11.1 Å². The van der Waals surface area contributed by atoms with E-state index in [1.807, 2.05) is 38.1 Å². The van der Waals surface area contributed by atoms with Crippen molar-refractivity contribution in [3.05, 3.63) is 54.1 Å². The molecule has 1 atom stereocenters. The lowest BCUT2D eigenvalue weighted by Crippen LogP contribution is -2.32. The molecule has 1 N–H and O–H groups in total. The maximum absolute atomic E-state index is 11.1. The molecule has 0 fully saturated rings. The van der Waals surface area contributed by atoms with Crippen molar-refractivity contribution in [1.82, 2.24) is 0 Å². The Morgan fingerprint density at radius 2 is 1.43 bits per heavy atom. The van der Waals surface area contributed by atoms with Gasteiger partial charge in [0.15, 0.2) is 6.10 Å². The first-order chi connectivity index (χ1) is 9.97. The zero-order valence-corrected chi connectivity index (χ0v) is 12.5. The maximum atomic E-state index is 11.1. The van der Waals surface area contributed by atoms with Gasteiger partial charge < -0.3 is 9.84 Å². The van der Waals surface area contributed by atoms with Crippen molar-refractivity contribution in [2.75, 3.05) is 0 Å². The van der Waals surface area contributed by atoms with Crippen LogP contribution in [0, 0.1) is 12.8 Å². The summed E-state index contributed by atoms with van der Waals surface area (Å²) in [6.07, 6.45) is -0.824. The van der Waals surface area contributed by atoms with Crippen LogP contribution in [-0.2, 0) is 4.79 Å². The summed E-state index contributed by atoms with van der Waals surface area (Å²) in [5.74, 6) is -0.446. The standard InChI is InChI=1S/C18H20O3/c1-12(2)17(18(19)20)21-16-10-8-15(9-11-16)14-6-4-13(3)5-7-14/h4-12,17H,1-3H3,(H,19,20). The Morgan fingerprint density at radius 1 is 0.952 bits per heavy atom. The minimum Gasteiger partial charge on any atom is -0.478 e. The van der Waals surface area contributed by atoms with E-state index < -0.39 is 12.1 Å². The monoisotopic (exact) mass is 284 g/mol. The molecule has 0 saturated carbocycles. The number of benzene rings is 2. The highest BCUT2D eigenvalue weighted by Gasteiger charge is 2.23. The predicted molar refractivity (Wildman–Crippen MR) is 83.5 cm³/mol. The maximum Gasteiger partial charge on any atom is 0.345 e. The van der Waals surface area contributed by atoms with Crippen molar-refractivity contribution >= 4 is 5.97 Å². The molecule has 0 amide bonds. The van der Waals surface area contributed by atoms with Gasteiger partial charge in [-0.15, -0.1) is 0 Å². The molecular formula is C18H20O3. The molecule has 0 saturated heterocycles. The zero-order valence-electron chi connectivity index (χ0n) is 12.5. The first kappa shape index (κ1) is 15.1. The number of carboxylic acid groups (broad SMARTS) is 1. The molecule has 0 aliphatic rings. The number of ether oxygens (including phenoxy) is 1. The molecule has 2 aromatic carbocycles. The predicted octanol–water partition coefficient (Wildman–Crippen LogP) is 4.15. The van der Waals surface area contributed by atoms with E-state index >= 15 is 0 Å². The number of rotatable bonds is 5. The molecule has 0 aliphatic carbocycles. The van der Waals surface area contributed by atoms with Gasteiger partial charge in [0.25, 0.3) is 0 Å². The van der Waals surface area contributed by atoms with Crippen LogP contribution in [0.1, 0.15) is 19.4 Å². The fourth-order valence-corrected chi connectivity index (χ4v) is 2.09. The van der Waals surface area contributed by atoms with Gasteiger partial charge in [0.2, 0.25) is 0 Å². The van der Waals surface area contributed by atoms with Crippen molar-refractivity contribution < 1.29 is 14.6 Å². The highest BCUT2D eigenvalue weighted by molar-refractivity contribution is 5.73. The van der Waals surface area contributed by atoms with Crippen LogP contribution < -0.4 is 4.74 Å². The SMILES string of the molecule is Cc1ccc(-c2ccc(OC(C(=O)O)C(C)C)cc2)cc1. The smallest absolute Gasteiger partial charge is 0.345 e. The Kier molecular flexibility index (Phi) is 4.63. The van der Waals surface area contributed by atoms with Gasteiger partial charge >= 0.3 is 5.97 Å². The Bertz CT molecular complexity index is 597. The molecule has 0 aliphatic heterocycles. The van der Waals surface area contributed by atoms with E-state index in [1.165, 1.54) is 5.56 Å². The molecule has 0 aromatic heterocycles. The summed E-state index contributed by atoms with van der Waals surface area (Å²) < 4.78 is 5.55. The molecule has 2 aromatic rings. The Labute approximate surface area is 125 Å². The molecule has 0 spiro atoms. The first-order valence-electron chi connectivity index (χ1n) is 7.04. The lowest BCUT2D eigenvalue weighted by atomic mass is 10.0. The summed E-state index contributed by atoms with van der Waals surface area (Å²) in [4.78, 5) is 11.1. The van der Waals surface area contributed by atoms with Crippen molar-refractivity contribution in [2.45, 2.75) is 26.9 Å². The molecule has 3 heteroatoms. The van der Waals surface area contributed by atoms with Crippen LogP contribution in [0.4, 0.5) is 0 Å². The number of hydrogen-bond donors (Lipinski definition) is 1. The fraction of sp³-hybridized carbons (Fsp3) is 0.278. The van der Waals surface area contributed by atoms with Crippen molar-refractivity contribution in [3.8, 4) is 16.9 Å². The van der Waals surface area contributed by atoms with Crippen LogP contribution in [0.25, 0.3) is 11.1 Å². The van der Waals surface area contributed by atoms with Gasteiger partial charge in [0.1, 0.15) is 5.75 Å². The number of hydrogen-bond acceptors (Lipinski definition) is 2. The molecule has 3 nitrogen and oxygen atoms in total. The first-order valence-corrected chi connectivity index (χ1v) is 7.04. The molecule has 0 heterocycles. The average molecular weight is 284 g/mol. The summed E-state index contributed by atoms with van der Waals surface area (Å²) in [7, 11) is 0. The van der Waals surface area contributed by atoms with Gasteiger partial charge in [0.05, 0.1) is 0 Å². The summed E-state index contributed by atoms with van der Waals surface area (Å²) in [5, 5.41) is 9.14. The van der Waals surface area contributed by atoms with Crippen LogP contribution >= 0.6 is 0 Å². The Hall–Kier alpha value is -2.29. The molecule has 21 heavy (non-hydrogen) atoms. The summed E-state index contributed by atoms with van der Waals surface area (Å²) in [6, 6.07) is 15.8. The highest BCUT2D eigenvalue weighted by Crippen LogP contribution is 2.24. The molecule has 2 rings (SSSR count). The number of carbonyl (C=O) groups is 1. The van der Waals surface area contributed by atoms with Crippen LogP contribution in [-0.4, -0.2) is 17.2 Å². The second kappa shape index (κ2) is 6.44. The van der Waals surface area contributed by atoms with Gasteiger partial charge in [-0.2, -0.15) is 0 Å². The lowest BCUT2D eigenvalue weighted by Gasteiger charge is -2.18. The van der Waals surface area contributed by atoms with Crippen LogP contribution in [0.3, 0.4) is 0 Å². The number of carboxylic acids is 1. The third kappa shape index (κ3) is 3.85. The quantitative estimate of drug-likeness (QED) is 0.897. The van der Waals surface area contributed by atoms with Crippen molar-refractivity contribution in [3.63, 3.8) is 0 Å². The largest absolute Gasteiger partial charge is 0.478 e. The van der Waals surface area contributed by atoms with E-state index in [9.17, 15) is 4.79 Å². The number of aliphatic carboxylic acids is 1. The lowest BCUT2D eigenvalue weighted by molar-refractivity contribution is -0.147. The third-order valence-electron chi connectivity index (χ3n) is 3.35. The minimum absolute atomic E-state index is 0.0840. The molecule has 110 valence electrons. The molecule has 0 radical (unpaired) electrons. The van der Waals surface area contributed by atoms with Gasteiger partial charge in [0, 0.05) is 5.92 Å². The Balaban J connectivity index is 2.15. The van der Waals surface area contributed by atoms with E-state index in [0.29, 0.717) is 5.75 Å². The van der Waals surface area contributed by atoms with E-state index in [1.54, 1.807) is 0 Å². The van der Waals surface area contributed by atoms with Gasteiger partial charge in [-0.05, 0) is 30.2 Å². The van der Waals surface area contributed by atoms with Gasteiger partial charge in [-0.25, -0.2) is 4.79 Å². The van der Waals surface area contributed by atoms with E-state index in [2.05, 4.69) is 31.2 Å². The van der Waals surface area contributed by atoms with Gasteiger partial charge in [-0.3, -0.25) is 0 Å². The normalized spacial score (nSPS) is 12.2. The minimum atomic E-state index is -0.937. The van der Waals surface area contributed by atoms with Crippen LogP contribution in [0.15, 0.2) is 48.5 Å². The second-order valence-electron chi connectivity index (χ2n) is 5.51. The average Bonchev–Trinajstić information content (AvgIpc) is 2.45. The summed E-state index contributed by atoms with van der Waals surface area (Å²) >= 11 is 0. The second-order valence-corrected chi connectivity index (χ2v) is 5.51. The zero-order chi connectivity index (χ0) is 15.4. The topological polar surface area (TPSA) is 46.5 Å². The summed E-state index contributed by atoms with van der Waals surface area (Å²) in [6.45, 7) is 5.72. The van der Waals surface area contributed by atoms with E-state index in [4.69, 9.17) is 9.84 Å². The Morgan fingerprint density at radius 3 is 1.86 bits per heavy atom. The fourth-order valence-electron chi connectivity index (χ4n) is 2.09. The van der Waals surface area contributed by atoms with Crippen LogP contribution in [0.2, 0.25) is 0 Å². The molecular weight excluding hydrogens is 264 g/mol. The summed E-state index contributed by atoms with van der Waals surface area (Å²) in [5.41, 5.74) is 3.43. The van der Waals surface area contributed by atoms with Gasteiger partial charge in [-0.1, -0.05) is 55.8 Å². The third-order valence-corrected chi connectivity index (χ3v) is 3.35. The van der Waals surface area contributed by atoms with E-state index in [-0.39, 0.29) is 5.92 Å². The molecule has 0 bridgehead atoms. The highest BCUT2D eigenvalue weighted by atomic mass is 16.5.